The zero-order chi connectivity index (χ0) is 18.9. The Morgan fingerprint density at radius 3 is 2.69 bits per heavy atom. The van der Waals surface area contributed by atoms with Crippen molar-refractivity contribution in [2.75, 3.05) is 0 Å². The molecule has 134 valence electrons. The second kappa shape index (κ2) is 6.88. The van der Waals surface area contributed by atoms with Crippen molar-refractivity contribution < 1.29 is 18.1 Å². The second-order valence-electron chi connectivity index (χ2n) is 4.69. The van der Waals surface area contributed by atoms with Gasteiger partial charge in [0.2, 0.25) is 11.0 Å². The minimum Gasteiger partial charge on any atom is -0.258 e. The molecule has 0 aliphatic heterocycles. The van der Waals surface area contributed by atoms with E-state index in [9.17, 15) is 23.3 Å². The molecule has 3 aromatic rings. The van der Waals surface area contributed by atoms with Crippen molar-refractivity contribution in [3.8, 4) is 5.82 Å². The molecule has 0 radical (unpaired) electrons. The van der Waals surface area contributed by atoms with E-state index in [4.69, 9.17) is 11.6 Å². The van der Waals surface area contributed by atoms with Gasteiger partial charge in [-0.15, -0.1) is 5.10 Å². The molecular formula is C13H6ClF3N6O2S. The lowest BCUT2D eigenvalue weighted by atomic mass is 10.3. The van der Waals surface area contributed by atoms with Crippen LogP contribution in [0.15, 0.2) is 47.1 Å². The smallest absolute Gasteiger partial charge is 0.258 e. The van der Waals surface area contributed by atoms with E-state index < -0.39 is 16.7 Å². The molecule has 0 fully saturated rings. The molecule has 3 aromatic heterocycles. The molecule has 8 nitrogen and oxygen atoms in total. The highest BCUT2D eigenvalue weighted by atomic mass is 35.5. The van der Waals surface area contributed by atoms with Crippen LogP contribution in [-0.4, -0.2) is 29.7 Å². The molecule has 0 atom stereocenters. The Labute approximate surface area is 152 Å². The van der Waals surface area contributed by atoms with Gasteiger partial charge in [-0.1, -0.05) is 11.6 Å². The van der Waals surface area contributed by atoms with Gasteiger partial charge in [-0.05, 0) is 23.9 Å². The first-order chi connectivity index (χ1) is 12.3. The van der Waals surface area contributed by atoms with E-state index in [1.807, 2.05) is 0 Å². The van der Waals surface area contributed by atoms with E-state index in [1.165, 1.54) is 24.7 Å². The molecule has 13 heteroatoms. The van der Waals surface area contributed by atoms with E-state index in [1.54, 1.807) is 0 Å². The van der Waals surface area contributed by atoms with Crippen LogP contribution >= 0.6 is 23.4 Å². The van der Waals surface area contributed by atoms with Gasteiger partial charge >= 0.3 is 11.9 Å². The van der Waals surface area contributed by atoms with Crippen LogP contribution in [-0.2, 0) is 6.18 Å². The van der Waals surface area contributed by atoms with Gasteiger partial charge in [0.05, 0.1) is 15.5 Å². The van der Waals surface area contributed by atoms with Crippen molar-refractivity contribution in [3.05, 3.63) is 57.6 Å². The normalized spacial score (nSPS) is 11.5. The lowest BCUT2D eigenvalue weighted by Gasteiger charge is -2.07. The highest BCUT2D eigenvalue weighted by molar-refractivity contribution is 7.99. The summed E-state index contributed by atoms with van der Waals surface area (Å²) in [5, 5.41) is 15.0. The van der Waals surface area contributed by atoms with Crippen LogP contribution in [0.4, 0.5) is 18.9 Å². The molecule has 26 heavy (non-hydrogen) atoms. The second-order valence-corrected chi connectivity index (χ2v) is 6.05. The highest BCUT2D eigenvalue weighted by Crippen LogP contribution is 2.35. The molecule has 0 bridgehead atoms. The van der Waals surface area contributed by atoms with Crippen molar-refractivity contribution in [1.29, 1.82) is 0 Å². The van der Waals surface area contributed by atoms with Gasteiger partial charge in [-0.25, -0.2) is 15.0 Å². The Balaban J connectivity index is 1.87. The number of aromatic nitrogens is 5. The van der Waals surface area contributed by atoms with Crippen molar-refractivity contribution in [2.24, 2.45) is 0 Å². The van der Waals surface area contributed by atoms with Crippen LogP contribution in [0, 0.1) is 10.1 Å². The number of pyridine rings is 2. The molecule has 0 aliphatic rings. The third kappa shape index (κ3) is 3.75. The molecule has 0 amide bonds. The molecule has 3 rings (SSSR count). The summed E-state index contributed by atoms with van der Waals surface area (Å²) in [5.74, 6) is -0.0525. The third-order valence-corrected chi connectivity index (χ3v) is 4.26. The van der Waals surface area contributed by atoms with Crippen LogP contribution in [0.25, 0.3) is 5.82 Å². The number of rotatable bonds is 4. The van der Waals surface area contributed by atoms with Crippen LogP contribution in [0.5, 0.6) is 0 Å². The predicted octanol–water partition coefficient (Wildman–Crippen LogP) is 3.79. The summed E-state index contributed by atoms with van der Waals surface area (Å²) in [7, 11) is 0. The maximum atomic E-state index is 12.6. The van der Waals surface area contributed by atoms with Gasteiger partial charge in [0.1, 0.15) is 11.4 Å². The summed E-state index contributed by atoms with van der Waals surface area (Å²) >= 11 is 6.64. The van der Waals surface area contributed by atoms with Crippen LogP contribution in [0.1, 0.15) is 5.56 Å². The molecular weight excluding hydrogens is 397 g/mol. The molecule has 0 saturated heterocycles. The summed E-state index contributed by atoms with van der Waals surface area (Å²) in [6.45, 7) is 0. The zero-order valence-corrected chi connectivity index (χ0v) is 14.0. The highest BCUT2D eigenvalue weighted by Gasteiger charge is 2.31. The monoisotopic (exact) mass is 402 g/mol. The average molecular weight is 403 g/mol. The molecule has 3 heterocycles. The van der Waals surface area contributed by atoms with Gasteiger partial charge in [0.25, 0.3) is 0 Å². The van der Waals surface area contributed by atoms with E-state index in [0.717, 1.165) is 22.5 Å². The fourth-order valence-corrected chi connectivity index (χ4v) is 2.79. The van der Waals surface area contributed by atoms with Gasteiger partial charge in [0, 0.05) is 18.5 Å². The van der Waals surface area contributed by atoms with Crippen LogP contribution < -0.4 is 0 Å². The summed E-state index contributed by atoms with van der Waals surface area (Å²) in [6, 6.07) is 3.41. The Hall–Kier alpha value is -2.73. The Morgan fingerprint density at radius 1 is 1.27 bits per heavy atom. The van der Waals surface area contributed by atoms with Gasteiger partial charge in [0.15, 0.2) is 0 Å². The number of hydrogen-bond acceptors (Lipinski definition) is 7. The number of nitrogens with zero attached hydrogens (tertiary/aromatic N) is 6. The molecule has 0 saturated carbocycles. The topological polar surface area (TPSA) is 99.6 Å². The first kappa shape index (κ1) is 18.1. The third-order valence-electron chi connectivity index (χ3n) is 2.97. The van der Waals surface area contributed by atoms with Crippen LogP contribution in [0.3, 0.4) is 0 Å². The number of alkyl halides is 3. The van der Waals surface area contributed by atoms with Crippen molar-refractivity contribution in [3.63, 3.8) is 0 Å². The number of hydrogen-bond donors (Lipinski definition) is 0. The quantitative estimate of drug-likeness (QED) is 0.483. The van der Waals surface area contributed by atoms with E-state index >= 15 is 0 Å². The summed E-state index contributed by atoms with van der Waals surface area (Å²) in [6.07, 6.45) is -1.37. The lowest BCUT2D eigenvalue weighted by Crippen LogP contribution is -2.05. The van der Waals surface area contributed by atoms with Crippen LogP contribution in [0.2, 0.25) is 5.02 Å². The van der Waals surface area contributed by atoms with Crippen molar-refractivity contribution in [2.45, 2.75) is 16.4 Å². The van der Waals surface area contributed by atoms with Gasteiger partial charge in [-0.2, -0.15) is 17.9 Å². The summed E-state index contributed by atoms with van der Waals surface area (Å²) in [5.41, 5.74) is -1.26. The van der Waals surface area contributed by atoms with E-state index in [0.29, 0.717) is 6.20 Å². The summed E-state index contributed by atoms with van der Waals surface area (Å²) < 4.78 is 39.0. The minimum atomic E-state index is -4.56. The molecule has 0 aromatic carbocycles. The minimum absolute atomic E-state index is 0.0525. The van der Waals surface area contributed by atoms with Gasteiger partial charge in [-0.3, -0.25) is 10.1 Å². The molecule has 0 N–H and O–H groups in total. The largest absolute Gasteiger partial charge is 0.417 e. The summed E-state index contributed by atoms with van der Waals surface area (Å²) in [4.78, 5) is 21.9. The molecule has 0 unspecified atom stereocenters. The number of halogens is 4. The van der Waals surface area contributed by atoms with E-state index in [-0.39, 0.29) is 26.7 Å². The Bertz CT molecular complexity index is 981. The molecule has 0 spiro atoms. The van der Waals surface area contributed by atoms with E-state index in [2.05, 4.69) is 20.1 Å². The first-order valence-corrected chi connectivity index (χ1v) is 7.87. The van der Waals surface area contributed by atoms with Gasteiger partial charge < -0.3 is 0 Å². The lowest BCUT2D eigenvalue weighted by molar-refractivity contribution is -0.384. The first-order valence-electron chi connectivity index (χ1n) is 6.68. The Morgan fingerprint density at radius 2 is 2.04 bits per heavy atom. The predicted molar refractivity (Wildman–Crippen MR) is 84.2 cm³/mol. The fraction of sp³-hybridized carbons (Fsp3) is 0.0769. The maximum Gasteiger partial charge on any atom is 0.417 e. The van der Waals surface area contributed by atoms with Crippen molar-refractivity contribution in [1.82, 2.24) is 24.7 Å². The fourth-order valence-electron chi connectivity index (χ4n) is 1.85. The number of nitro groups is 1. The van der Waals surface area contributed by atoms with Crippen molar-refractivity contribution >= 4 is 29.1 Å². The standard InChI is InChI=1S/C13H6ClF3N6O2S/c14-8-4-7(13(15,16)17)5-19-11(8)26-12-20-6-22(21-12)10-9(23(24)25)2-1-3-18-10/h1-6H. The Kier molecular flexibility index (Phi) is 4.78. The SMILES string of the molecule is O=[N+]([O-])c1cccnc1-n1cnc(Sc2ncc(C(F)(F)F)cc2Cl)n1. The average Bonchev–Trinajstić information content (AvgIpc) is 3.04. The maximum absolute atomic E-state index is 12.6. The zero-order valence-electron chi connectivity index (χ0n) is 12.4. The molecule has 0 aliphatic carbocycles.